The van der Waals surface area contributed by atoms with E-state index < -0.39 is 24.0 Å². The minimum absolute atomic E-state index is 0.0117. The molecule has 0 saturated carbocycles. The summed E-state index contributed by atoms with van der Waals surface area (Å²) >= 11 is 0. The molecule has 1 aliphatic heterocycles. The fraction of sp³-hybridized carbons (Fsp3) is 0.526. The maximum atomic E-state index is 13.5. The molecule has 3 amide bonds. The molecule has 3 atom stereocenters. The van der Waals surface area contributed by atoms with E-state index in [1.165, 1.54) is 21.6 Å². The van der Waals surface area contributed by atoms with Crippen molar-refractivity contribution in [3.05, 3.63) is 29.8 Å². The molecule has 0 aromatic heterocycles. The number of anilines is 1. The summed E-state index contributed by atoms with van der Waals surface area (Å²) in [6, 6.07) is 5.68. The fourth-order valence-corrected chi connectivity index (χ4v) is 3.14. The molecule has 148 valence electrons. The Bertz CT molecular complexity index is 707. The van der Waals surface area contributed by atoms with Gasteiger partial charge in [-0.2, -0.15) is 0 Å². The van der Waals surface area contributed by atoms with Crippen molar-refractivity contribution in [2.24, 2.45) is 5.73 Å². The summed E-state index contributed by atoms with van der Waals surface area (Å²) in [5.74, 6) is -1.74. The molecule has 0 spiro atoms. The molecule has 0 bridgehead atoms. The van der Waals surface area contributed by atoms with Crippen molar-refractivity contribution in [3.63, 3.8) is 0 Å². The Hall–Kier alpha value is -2.48. The zero-order chi connectivity index (χ0) is 20.3. The summed E-state index contributed by atoms with van der Waals surface area (Å²) in [6.07, 6.45) is -0.762. The number of hydrogen-bond donors (Lipinski definition) is 1. The summed E-state index contributed by atoms with van der Waals surface area (Å²) in [4.78, 5) is 41.2. The highest BCUT2D eigenvalue weighted by Gasteiger charge is 2.37. The number of alkyl halides is 1. The maximum absolute atomic E-state index is 13.5. The first-order valence-corrected chi connectivity index (χ1v) is 8.87. The number of nitrogens with two attached hydrogens (primary N) is 1. The van der Waals surface area contributed by atoms with Gasteiger partial charge in [-0.25, -0.2) is 4.39 Å². The Balaban J connectivity index is 2.30. The third-order valence-electron chi connectivity index (χ3n) is 4.91. The van der Waals surface area contributed by atoms with Crippen LogP contribution in [-0.2, 0) is 14.4 Å². The molecule has 27 heavy (non-hydrogen) atoms. The molecule has 1 aromatic carbocycles. The van der Waals surface area contributed by atoms with Gasteiger partial charge in [-0.05, 0) is 24.1 Å². The zero-order valence-electron chi connectivity index (χ0n) is 16.2. The molecule has 2 rings (SSSR count). The van der Waals surface area contributed by atoms with E-state index in [9.17, 15) is 18.8 Å². The molecule has 1 heterocycles. The Morgan fingerprint density at radius 3 is 2.22 bits per heavy atom. The van der Waals surface area contributed by atoms with Crippen LogP contribution in [0.25, 0.3) is 0 Å². The number of nitrogens with zero attached hydrogens (tertiary/aromatic N) is 3. The Morgan fingerprint density at radius 1 is 1.19 bits per heavy atom. The number of carbonyl (C=O) groups excluding carboxylic acids is 3. The molecule has 1 aromatic rings. The first-order chi connectivity index (χ1) is 12.6. The van der Waals surface area contributed by atoms with Gasteiger partial charge in [0.1, 0.15) is 12.2 Å². The smallest absolute Gasteiger partial charge is 0.240 e. The van der Waals surface area contributed by atoms with Gasteiger partial charge in [0.2, 0.25) is 17.7 Å². The van der Waals surface area contributed by atoms with Gasteiger partial charge in [0, 0.05) is 40.3 Å². The largest absolute Gasteiger partial charge is 0.348 e. The van der Waals surface area contributed by atoms with Crippen molar-refractivity contribution in [2.45, 2.75) is 31.5 Å². The van der Waals surface area contributed by atoms with Crippen LogP contribution in [-0.4, -0.2) is 74.0 Å². The second kappa shape index (κ2) is 8.47. The molecule has 0 radical (unpaired) electrons. The van der Waals surface area contributed by atoms with Gasteiger partial charge >= 0.3 is 0 Å². The van der Waals surface area contributed by atoms with Crippen molar-refractivity contribution in [2.75, 3.05) is 39.1 Å². The lowest BCUT2D eigenvalue weighted by Gasteiger charge is -2.29. The van der Waals surface area contributed by atoms with Crippen LogP contribution in [0.3, 0.4) is 0 Å². The number of carbonyl (C=O) groups is 3. The standard InChI is InChI=1S/C19H27FN4O3/c1-12(25)23(4)15-7-5-13(6-8-15)16(18(26)22(2)3)17(21)19(27)24-10-9-14(20)11-24/h5-8,14,16-17H,9-11,21H2,1-4H3/t14-,16-,17-/m0/s1. The molecule has 0 aliphatic carbocycles. The minimum atomic E-state index is -1.11. The van der Waals surface area contributed by atoms with Gasteiger partial charge in [0.25, 0.3) is 0 Å². The normalized spacial score (nSPS) is 18.7. The highest BCUT2D eigenvalue weighted by atomic mass is 19.1. The van der Waals surface area contributed by atoms with E-state index in [2.05, 4.69) is 0 Å². The summed E-state index contributed by atoms with van der Waals surface area (Å²) in [5, 5.41) is 0. The molecule has 1 saturated heterocycles. The predicted molar refractivity (Wildman–Crippen MR) is 101 cm³/mol. The first-order valence-electron chi connectivity index (χ1n) is 8.87. The van der Waals surface area contributed by atoms with Crippen LogP contribution in [0.2, 0.25) is 0 Å². The number of halogens is 1. The lowest BCUT2D eigenvalue weighted by Crippen LogP contribution is -2.50. The SMILES string of the molecule is CC(=O)N(C)c1ccc([C@H](C(=O)N(C)C)[C@H](N)C(=O)N2CC[C@H](F)C2)cc1. The van der Waals surface area contributed by atoms with Gasteiger partial charge in [0.15, 0.2) is 0 Å². The Kier molecular flexibility index (Phi) is 6.54. The van der Waals surface area contributed by atoms with E-state index in [1.54, 1.807) is 45.4 Å². The maximum Gasteiger partial charge on any atom is 0.240 e. The van der Waals surface area contributed by atoms with Crippen LogP contribution in [0.4, 0.5) is 10.1 Å². The van der Waals surface area contributed by atoms with E-state index in [0.29, 0.717) is 17.8 Å². The van der Waals surface area contributed by atoms with Crippen molar-refractivity contribution in [1.29, 1.82) is 0 Å². The van der Waals surface area contributed by atoms with Crippen molar-refractivity contribution in [1.82, 2.24) is 9.80 Å². The lowest BCUT2D eigenvalue weighted by atomic mass is 9.89. The van der Waals surface area contributed by atoms with E-state index in [-0.39, 0.29) is 24.8 Å². The average Bonchev–Trinajstić information content (AvgIpc) is 3.07. The van der Waals surface area contributed by atoms with Gasteiger partial charge in [-0.3, -0.25) is 14.4 Å². The summed E-state index contributed by atoms with van der Waals surface area (Å²) in [5.41, 5.74) is 7.42. The quantitative estimate of drug-likeness (QED) is 0.819. The summed E-state index contributed by atoms with van der Waals surface area (Å²) in [7, 11) is 4.84. The summed E-state index contributed by atoms with van der Waals surface area (Å²) in [6.45, 7) is 1.77. The van der Waals surface area contributed by atoms with E-state index >= 15 is 0 Å². The highest BCUT2D eigenvalue weighted by Crippen LogP contribution is 2.26. The molecule has 1 aliphatic rings. The van der Waals surface area contributed by atoms with Gasteiger partial charge in [-0.15, -0.1) is 0 Å². The molecule has 1 fully saturated rings. The highest BCUT2D eigenvalue weighted by molar-refractivity contribution is 5.94. The topological polar surface area (TPSA) is 87.0 Å². The van der Waals surface area contributed by atoms with Crippen molar-refractivity contribution in [3.8, 4) is 0 Å². The lowest BCUT2D eigenvalue weighted by molar-refractivity contribution is -0.138. The van der Waals surface area contributed by atoms with Crippen LogP contribution < -0.4 is 10.6 Å². The number of rotatable bonds is 5. The molecular weight excluding hydrogens is 351 g/mol. The minimum Gasteiger partial charge on any atom is -0.348 e. The molecule has 0 unspecified atom stereocenters. The molecule has 8 heteroatoms. The first kappa shape index (κ1) is 20.8. The third kappa shape index (κ3) is 4.63. The average molecular weight is 378 g/mol. The number of likely N-dealkylation sites (N-methyl/N-ethyl adjacent to an activating group) is 1. The molecular formula is C19H27FN4O3. The second-order valence-electron chi connectivity index (χ2n) is 7.08. The predicted octanol–water partition coefficient (Wildman–Crippen LogP) is 0.739. The van der Waals surface area contributed by atoms with Crippen LogP contribution in [0.1, 0.15) is 24.8 Å². The number of amides is 3. The molecule has 7 nitrogen and oxygen atoms in total. The number of hydrogen-bond acceptors (Lipinski definition) is 4. The monoisotopic (exact) mass is 378 g/mol. The second-order valence-corrected chi connectivity index (χ2v) is 7.08. The Labute approximate surface area is 158 Å². The summed E-state index contributed by atoms with van der Waals surface area (Å²) < 4.78 is 13.5. The van der Waals surface area contributed by atoms with E-state index in [0.717, 1.165) is 0 Å². The Morgan fingerprint density at radius 2 is 1.78 bits per heavy atom. The van der Waals surface area contributed by atoms with Crippen molar-refractivity contribution < 1.29 is 18.8 Å². The number of benzene rings is 1. The molecule has 2 N–H and O–H groups in total. The van der Waals surface area contributed by atoms with Gasteiger partial charge in [-0.1, -0.05) is 12.1 Å². The van der Waals surface area contributed by atoms with E-state index in [1.807, 2.05) is 0 Å². The van der Waals surface area contributed by atoms with Crippen LogP contribution in [0, 0.1) is 0 Å². The van der Waals surface area contributed by atoms with Crippen LogP contribution in [0.15, 0.2) is 24.3 Å². The third-order valence-corrected chi connectivity index (χ3v) is 4.91. The van der Waals surface area contributed by atoms with E-state index in [4.69, 9.17) is 5.73 Å². The van der Waals surface area contributed by atoms with Gasteiger partial charge < -0.3 is 20.4 Å². The fourth-order valence-electron chi connectivity index (χ4n) is 3.14. The van der Waals surface area contributed by atoms with Crippen LogP contribution in [0.5, 0.6) is 0 Å². The zero-order valence-corrected chi connectivity index (χ0v) is 16.2. The number of likely N-dealkylation sites (tertiary alicyclic amines) is 1. The van der Waals surface area contributed by atoms with Crippen LogP contribution >= 0.6 is 0 Å². The van der Waals surface area contributed by atoms with Gasteiger partial charge in [0.05, 0.1) is 12.5 Å². The van der Waals surface area contributed by atoms with Crippen molar-refractivity contribution >= 4 is 23.4 Å².